The summed E-state index contributed by atoms with van der Waals surface area (Å²) in [7, 11) is 0. The number of pyridine rings is 1. The van der Waals surface area contributed by atoms with Crippen molar-refractivity contribution in [3.8, 4) is 0 Å². The first-order valence-electron chi connectivity index (χ1n) is 10.4. The molecule has 31 heavy (non-hydrogen) atoms. The third kappa shape index (κ3) is 5.20. The molecule has 1 aliphatic rings. The van der Waals surface area contributed by atoms with Gasteiger partial charge in [0.15, 0.2) is 0 Å². The molecule has 2 unspecified atom stereocenters. The van der Waals surface area contributed by atoms with Crippen LogP contribution in [0.4, 0.5) is 5.82 Å². The highest BCUT2D eigenvalue weighted by Gasteiger charge is 2.37. The van der Waals surface area contributed by atoms with E-state index in [0.717, 1.165) is 23.2 Å². The van der Waals surface area contributed by atoms with Crippen molar-refractivity contribution in [3.63, 3.8) is 0 Å². The lowest BCUT2D eigenvalue weighted by Gasteiger charge is -2.29. The van der Waals surface area contributed by atoms with Crippen LogP contribution in [0.15, 0.2) is 36.4 Å². The smallest absolute Gasteiger partial charge is 0.250 e. The minimum atomic E-state index is -0.821. The van der Waals surface area contributed by atoms with Gasteiger partial charge >= 0.3 is 0 Å². The molecule has 1 aromatic carbocycles. The van der Waals surface area contributed by atoms with E-state index in [1.807, 2.05) is 32.0 Å². The second kappa shape index (κ2) is 9.59. The number of nitrogens with two attached hydrogens (primary N) is 1. The molecule has 2 atom stereocenters. The minimum Gasteiger partial charge on any atom is -0.384 e. The number of hydrogen-bond acceptors (Lipinski definition) is 5. The van der Waals surface area contributed by atoms with Gasteiger partial charge in [-0.15, -0.1) is 0 Å². The van der Waals surface area contributed by atoms with Crippen molar-refractivity contribution in [2.24, 2.45) is 0 Å². The van der Waals surface area contributed by atoms with Crippen LogP contribution in [0.1, 0.15) is 48.2 Å². The van der Waals surface area contributed by atoms with Crippen molar-refractivity contribution in [2.75, 3.05) is 12.3 Å². The predicted octanol–water partition coefficient (Wildman–Crippen LogP) is 1.77. The lowest BCUT2D eigenvalue weighted by molar-refractivity contribution is -0.141. The quantitative estimate of drug-likeness (QED) is 0.655. The average Bonchev–Trinajstić information content (AvgIpc) is 3.21. The molecular weight excluding hydrogens is 394 g/mol. The van der Waals surface area contributed by atoms with Gasteiger partial charge in [-0.25, -0.2) is 4.98 Å². The van der Waals surface area contributed by atoms with E-state index in [9.17, 15) is 14.4 Å². The van der Waals surface area contributed by atoms with E-state index in [4.69, 9.17) is 5.73 Å². The molecule has 1 saturated heterocycles. The molecule has 0 aliphatic carbocycles. The fourth-order valence-electron chi connectivity index (χ4n) is 4.05. The maximum Gasteiger partial charge on any atom is 0.250 e. The van der Waals surface area contributed by atoms with Crippen LogP contribution in [0.2, 0.25) is 0 Å². The molecular formula is C23H29N5O3. The Bertz CT molecular complexity index is 953. The zero-order valence-electron chi connectivity index (χ0n) is 18.1. The first-order chi connectivity index (χ1) is 14.8. The highest BCUT2D eigenvalue weighted by atomic mass is 16.2. The standard InChI is InChI=1S/C23H29N5O3/c1-14-12-20(24)26-15(2)18(14)13-25-22(30)19-10-7-11-28(19)23(31)21(27-16(3)29)17-8-5-4-6-9-17/h4-6,8-9,12,19,21H,7,10-11,13H2,1-3H3,(H2,24,26)(H,25,30)(H,27,29). The molecule has 2 aromatic rings. The third-order valence-electron chi connectivity index (χ3n) is 5.58. The Morgan fingerprint density at radius 3 is 2.58 bits per heavy atom. The van der Waals surface area contributed by atoms with E-state index in [1.54, 1.807) is 23.1 Å². The number of aryl methyl sites for hydroxylation is 2. The summed E-state index contributed by atoms with van der Waals surface area (Å²) in [4.78, 5) is 43.9. The van der Waals surface area contributed by atoms with Crippen molar-refractivity contribution in [1.29, 1.82) is 0 Å². The molecule has 1 aliphatic heterocycles. The molecule has 0 bridgehead atoms. The van der Waals surface area contributed by atoms with Crippen LogP contribution in [-0.2, 0) is 20.9 Å². The lowest BCUT2D eigenvalue weighted by Crippen LogP contribution is -2.49. The molecule has 2 heterocycles. The van der Waals surface area contributed by atoms with Crippen molar-refractivity contribution in [2.45, 2.75) is 52.2 Å². The van der Waals surface area contributed by atoms with Gasteiger partial charge in [-0.05, 0) is 49.4 Å². The van der Waals surface area contributed by atoms with Gasteiger partial charge in [0, 0.05) is 25.7 Å². The SMILES string of the molecule is CC(=O)NC(C(=O)N1CCCC1C(=O)NCc1c(C)cc(N)nc1C)c1ccccc1. The summed E-state index contributed by atoms with van der Waals surface area (Å²) in [6.07, 6.45) is 1.31. The maximum absolute atomic E-state index is 13.3. The second-order valence-electron chi connectivity index (χ2n) is 7.88. The molecule has 8 heteroatoms. The molecule has 3 rings (SSSR count). The molecule has 0 saturated carbocycles. The maximum atomic E-state index is 13.3. The number of likely N-dealkylation sites (tertiary alicyclic amines) is 1. The monoisotopic (exact) mass is 423 g/mol. The molecule has 0 spiro atoms. The van der Waals surface area contributed by atoms with Crippen LogP contribution in [0.3, 0.4) is 0 Å². The van der Waals surface area contributed by atoms with Crippen molar-refractivity contribution in [1.82, 2.24) is 20.5 Å². The normalized spacial score (nSPS) is 16.6. The van der Waals surface area contributed by atoms with Gasteiger partial charge in [0.05, 0.1) is 0 Å². The van der Waals surface area contributed by atoms with E-state index in [-0.39, 0.29) is 17.7 Å². The first kappa shape index (κ1) is 22.3. The topological polar surface area (TPSA) is 117 Å². The number of amides is 3. The summed E-state index contributed by atoms with van der Waals surface area (Å²) in [5.74, 6) is -0.344. The number of carbonyl (C=O) groups excluding carboxylic acids is 3. The van der Waals surface area contributed by atoms with Crippen LogP contribution in [0.25, 0.3) is 0 Å². The van der Waals surface area contributed by atoms with Crippen LogP contribution in [-0.4, -0.2) is 40.2 Å². The molecule has 4 N–H and O–H groups in total. The Balaban J connectivity index is 1.74. The highest BCUT2D eigenvalue weighted by molar-refractivity contribution is 5.93. The highest BCUT2D eigenvalue weighted by Crippen LogP contribution is 2.24. The number of benzene rings is 1. The van der Waals surface area contributed by atoms with Gasteiger partial charge in [-0.2, -0.15) is 0 Å². The molecule has 1 fully saturated rings. The zero-order chi connectivity index (χ0) is 22.5. The van der Waals surface area contributed by atoms with Crippen LogP contribution in [0.5, 0.6) is 0 Å². The largest absolute Gasteiger partial charge is 0.384 e. The van der Waals surface area contributed by atoms with Gasteiger partial charge in [0.1, 0.15) is 17.9 Å². The van der Waals surface area contributed by atoms with Gasteiger partial charge in [0.25, 0.3) is 0 Å². The first-order valence-corrected chi connectivity index (χ1v) is 10.4. The van der Waals surface area contributed by atoms with E-state index in [0.29, 0.717) is 30.9 Å². The lowest BCUT2D eigenvalue weighted by atomic mass is 10.0. The second-order valence-corrected chi connectivity index (χ2v) is 7.88. The Labute approximate surface area is 182 Å². The van der Waals surface area contributed by atoms with Gasteiger partial charge in [0.2, 0.25) is 17.7 Å². The van der Waals surface area contributed by atoms with E-state index in [1.165, 1.54) is 6.92 Å². The Hall–Kier alpha value is -3.42. The van der Waals surface area contributed by atoms with Crippen molar-refractivity contribution in [3.05, 3.63) is 58.8 Å². The molecule has 164 valence electrons. The van der Waals surface area contributed by atoms with Gasteiger partial charge in [-0.3, -0.25) is 14.4 Å². The van der Waals surface area contributed by atoms with Gasteiger partial charge < -0.3 is 21.3 Å². The summed E-state index contributed by atoms with van der Waals surface area (Å²) in [6.45, 7) is 5.95. The Morgan fingerprint density at radius 2 is 1.94 bits per heavy atom. The summed E-state index contributed by atoms with van der Waals surface area (Å²) in [5, 5.41) is 5.67. The number of hydrogen-bond donors (Lipinski definition) is 3. The summed E-state index contributed by atoms with van der Waals surface area (Å²) < 4.78 is 0. The predicted molar refractivity (Wildman–Crippen MR) is 118 cm³/mol. The summed E-state index contributed by atoms with van der Waals surface area (Å²) in [6, 6.07) is 9.45. The molecule has 1 aromatic heterocycles. The average molecular weight is 424 g/mol. The summed E-state index contributed by atoms with van der Waals surface area (Å²) in [5.41, 5.74) is 9.11. The van der Waals surface area contributed by atoms with Gasteiger partial charge in [-0.1, -0.05) is 30.3 Å². The third-order valence-corrected chi connectivity index (χ3v) is 5.58. The van der Waals surface area contributed by atoms with Crippen molar-refractivity contribution < 1.29 is 14.4 Å². The molecule has 0 radical (unpaired) electrons. The number of anilines is 1. The van der Waals surface area contributed by atoms with Crippen LogP contribution in [0, 0.1) is 13.8 Å². The van der Waals surface area contributed by atoms with Crippen LogP contribution >= 0.6 is 0 Å². The Morgan fingerprint density at radius 1 is 1.23 bits per heavy atom. The van der Waals surface area contributed by atoms with E-state index in [2.05, 4.69) is 15.6 Å². The van der Waals surface area contributed by atoms with Crippen LogP contribution < -0.4 is 16.4 Å². The number of rotatable bonds is 6. The number of carbonyl (C=O) groups is 3. The number of aromatic nitrogens is 1. The number of nitrogens with one attached hydrogen (secondary N) is 2. The Kier molecular flexibility index (Phi) is 6.89. The van der Waals surface area contributed by atoms with E-state index < -0.39 is 12.1 Å². The molecule has 8 nitrogen and oxygen atoms in total. The molecule has 3 amide bonds. The van der Waals surface area contributed by atoms with E-state index >= 15 is 0 Å². The zero-order valence-corrected chi connectivity index (χ0v) is 18.1. The number of nitrogens with zero attached hydrogens (tertiary/aromatic N) is 2. The summed E-state index contributed by atoms with van der Waals surface area (Å²) >= 11 is 0. The number of nitrogen functional groups attached to an aromatic ring is 1. The van der Waals surface area contributed by atoms with Crippen molar-refractivity contribution >= 4 is 23.5 Å². The fourth-order valence-corrected chi connectivity index (χ4v) is 4.05. The fraction of sp³-hybridized carbons (Fsp3) is 0.391. The minimum absolute atomic E-state index is 0.212.